The first kappa shape index (κ1) is 12.5. The van der Waals surface area contributed by atoms with Crippen molar-refractivity contribution in [2.45, 2.75) is 31.7 Å². The van der Waals surface area contributed by atoms with Crippen LogP contribution in [-0.4, -0.2) is 54.9 Å². The number of rotatable bonds is 5. The van der Waals surface area contributed by atoms with E-state index in [1.165, 1.54) is 38.8 Å². The topological polar surface area (TPSA) is 6.48 Å². The number of hydrogen-bond acceptors (Lipinski definition) is 2. The van der Waals surface area contributed by atoms with Gasteiger partial charge in [0.15, 0.2) is 0 Å². The second-order valence-electron chi connectivity index (χ2n) is 4.41. The lowest BCUT2D eigenvalue weighted by Crippen LogP contribution is -2.38. The van der Waals surface area contributed by atoms with E-state index in [9.17, 15) is 0 Å². The number of alkyl halides is 1. The zero-order chi connectivity index (χ0) is 10.4. The second-order valence-corrected chi connectivity index (χ2v) is 5.20. The van der Waals surface area contributed by atoms with Crippen LogP contribution in [0.2, 0.25) is 0 Å². The van der Waals surface area contributed by atoms with Gasteiger partial charge in [0.1, 0.15) is 0 Å². The average molecular weight is 263 g/mol. The fraction of sp³-hybridized carbons (Fsp3) is 1.00. The summed E-state index contributed by atoms with van der Waals surface area (Å²) in [7, 11) is 4.48. The summed E-state index contributed by atoms with van der Waals surface area (Å²) in [6.07, 6.45) is 5.56. The van der Waals surface area contributed by atoms with E-state index in [2.05, 4.69) is 39.8 Å². The summed E-state index contributed by atoms with van der Waals surface area (Å²) < 4.78 is 0. The summed E-state index contributed by atoms with van der Waals surface area (Å²) >= 11 is 3.48. The van der Waals surface area contributed by atoms with Gasteiger partial charge >= 0.3 is 0 Å². The monoisotopic (exact) mass is 262 g/mol. The summed E-state index contributed by atoms with van der Waals surface area (Å²) in [6, 6.07) is 0.835. The Balaban J connectivity index is 2.15. The molecule has 1 aliphatic heterocycles. The molecule has 2 nitrogen and oxygen atoms in total. The molecule has 0 N–H and O–H groups in total. The van der Waals surface area contributed by atoms with E-state index in [0.29, 0.717) is 0 Å². The van der Waals surface area contributed by atoms with Crippen molar-refractivity contribution >= 4 is 15.9 Å². The third kappa shape index (κ3) is 4.28. The standard InChI is InChI=1S/C11H23BrN2/c1-13(10-7-12)9-6-11-5-3-4-8-14(11)2/h11H,3-10H2,1-2H3. The van der Waals surface area contributed by atoms with Crippen LogP contribution < -0.4 is 0 Å². The smallest absolute Gasteiger partial charge is 0.0159 e. The lowest BCUT2D eigenvalue weighted by Gasteiger charge is -2.33. The summed E-state index contributed by atoms with van der Waals surface area (Å²) in [6.45, 7) is 3.70. The molecule has 0 spiro atoms. The summed E-state index contributed by atoms with van der Waals surface area (Å²) in [4.78, 5) is 4.95. The van der Waals surface area contributed by atoms with Crippen LogP contribution in [0.1, 0.15) is 25.7 Å². The Kier molecular flexibility index (Phi) is 6.06. The third-order valence-corrected chi connectivity index (χ3v) is 3.59. The van der Waals surface area contributed by atoms with Gasteiger partial charge in [-0.15, -0.1) is 0 Å². The summed E-state index contributed by atoms with van der Waals surface area (Å²) in [5.41, 5.74) is 0. The van der Waals surface area contributed by atoms with Crippen LogP contribution in [0.15, 0.2) is 0 Å². The molecule has 1 heterocycles. The van der Waals surface area contributed by atoms with Crippen molar-refractivity contribution < 1.29 is 0 Å². The number of likely N-dealkylation sites (tertiary alicyclic amines) is 1. The van der Waals surface area contributed by atoms with Crippen LogP contribution in [0.25, 0.3) is 0 Å². The van der Waals surface area contributed by atoms with Crippen LogP contribution in [0.5, 0.6) is 0 Å². The lowest BCUT2D eigenvalue weighted by atomic mass is 10.00. The molecule has 1 saturated heterocycles. The van der Waals surface area contributed by atoms with Crippen molar-refractivity contribution in [1.29, 1.82) is 0 Å². The number of nitrogens with zero attached hydrogens (tertiary/aromatic N) is 2. The predicted octanol–water partition coefficient (Wildman–Crippen LogP) is 2.19. The molecule has 0 radical (unpaired) electrons. The number of piperidine rings is 1. The molecule has 1 rings (SSSR count). The first-order valence-electron chi connectivity index (χ1n) is 5.69. The highest BCUT2D eigenvalue weighted by molar-refractivity contribution is 9.09. The van der Waals surface area contributed by atoms with Crippen molar-refractivity contribution in [1.82, 2.24) is 9.80 Å². The Morgan fingerprint density at radius 3 is 2.79 bits per heavy atom. The van der Waals surface area contributed by atoms with Crippen LogP contribution >= 0.6 is 15.9 Å². The van der Waals surface area contributed by atoms with E-state index in [1.807, 2.05) is 0 Å². The number of hydrogen-bond donors (Lipinski definition) is 0. The molecule has 14 heavy (non-hydrogen) atoms. The van der Waals surface area contributed by atoms with Gasteiger partial charge in [-0.05, 0) is 46.4 Å². The van der Waals surface area contributed by atoms with Gasteiger partial charge in [-0.25, -0.2) is 0 Å². The number of halogens is 1. The van der Waals surface area contributed by atoms with E-state index >= 15 is 0 Å². The fourth-order valence-electron chi connectivity index (χ4n) is 2.13. The van der Waals surface area contributed by atoms with E-state index < -0.39 is 0 Å². The molecule has 3 heteroatoms. The van der Waals surface area contributed by atoms with Gasteiger partial charge in [0.25, 0.3) is 0 Å². The van der Waals surface area contributed by atoms with Crippen molar-refractivity contribution in [3.05, 3.63) is 0 Å². The van der Waals surface area contributed by atoms with Crippen molar-refractivity contribution in [2.75, 3.05) is 39.1 Å². The molecule has 0 amide bonds. The fourth-order valence-corrected chi connectivity index (χ4v) is 2.74. The zero-order valence-electron chi connectivity index (χ0n) is 9.51. The van der Waals surface area contributed by atoms with Gasteiger partial charge in [-0.2, -0.15) is 0 Å². The first-order chi connectivity index (χ1) is 6.74. The molecule has 1 unspecified atom stereocenters. The zero-order valence-corrected chi connectivity index (χ0v) is 11.1. The quantitative estimate of drug-likeness (QED) is 0.701. The van der Waals surface area contributed by atoms with Gasteiger partial charge in [-0.1, -0.05) is 22.4 Å². The average Bonchev–Trinajstić information content (AvgIpc) is 2.17. The highest BCUT2D eigenvalue weighted by Gasteiger charge is 2.18. The third-order valence-electron chi connectivity index (χ3n) is 3.23. The molecule has 1 aliphatic rings. The predicted molar refractivity (Wildman–Crippen MR) is 66.2 cm³/mol. The van der Waals surface area contributed by atoms with Gasteiger partial charge in [0.05, 0.1) is 0 Å². The Morgan fingerprint density at radius 1 is 1.36 bits per heavy atom. The lowest BCUT2D eigenvalue weighted by molar-refractivity contribution is 0.162. The maximum Gasteiger partial charge on any atom is 0.0159 e. The Labute approximate surface area is 96.8 Å². The van der Waals surface area contributed by atoms with E-state index in [-0.39, 0.29) is 0 Å². The molecule has 0 aromatic carbocycles. The van der Waals surface area contributed by atoms with E-state index in [4.69, 9.17) is 0 Å². The van der Waals surface area contributed by atoms with Crippen molar-refractivity contribution in [3.8, 4) is 0 Å². The Morgan fingerprint density at radius 2 is 2.14 bits per heavy atom. The van der Waals surface area contributed by atoms with E-state index in [1.54, 1.807) is 0 Å². The van der Waals surface area contributed by atoms with Gasteiger partial charge in [-0.3, -0.25) is 0 Å². The van der Waals surface area contributed by atoms with Crippen LogP contribution in [0.4, 0.5) is 0 Å². The molecule has 0 aromatic rings. The van der Waals surface area contributed by atoms with Gasteiger partial charge in [0.2, 0.25) is 0 Å². The van der Waals surface area contributed by atoms with Gasteiger partial charge < -0.3 is 9.80 Å². The minimum Gasteiger partial charge on any atom is -0.305 e. The molecule has 1 fully saturated rings. The normalized spacial score (nSPS) is 24.4. The van der Waals surface area contributed by atoms with Gasteiger partial charge in [0, 0.05) is 17.9 Å². The minimum absolute atomic E-state index is 0.835. The molecule has 0 aliphatic carbocycles. The second kappa shape index (κ2) is 6.81. The minimum atomic E-state index is 0.835. The maximum absolute atomic E-state index is 3.48. The van der Waals surface area contributed by atoms with Crippen LogP contribution in [0.3, 0.4) is 0 Å². The first-order valence-corrected chi connectivity index (χ1v) is 6.81. The summed E-state index contributed by atoms with van der Waals surface area (Å²) in [5.74, 6) is 0. The van der Waals surface area contributed by atoms with Crippen LogP contribution in [0, 0.1) is 0 Å². The largest absolute Gasteiger partial charge is 0.305 e. The highest BCUT2D eigenvalue weighted by Crippen LogP contribution is 2.17. The van der Waals surface area contributed by atoms with Crippen molar-refractivity contribution in [2.24, 2.45) is 0 Å². The summed E-state index contributed by atoms with van der Waals surface area (Å²) in [5, 5.41) is 1.09. The molecule has 0 bridgehead atoms. The molecule has 0 saturated carbocycles. The molecule has 1 atom stereocenters. The molecule has 0 aromatic heterocycles. The van der Waals surface area contributed by atoms with Crippen LogP contribution in [-0.2, 0) is 0 Å². The van der Waals surface area contributed by atoms with E-state index in [0.717, 1.165) is 17.9 Å². The Hall–Kier alpha value is 0.400. The maximum atomic E-state index is 3.48. The molecular formula is C11H23BrN2. The molecule has 84 valence electrons. The van der Waals surface area contributed by atoms with Crippen molar-refractivity contribution in [3.63, 3.8) is 0 Å². The SMILES string of the molecule is CN(CCBr)CCC1CCCCN1C. The molecular weight excluding hydrogens is 240 g/mol. The highest BCUT2D eigenvalue weighted by atomic mass is 79.9. The Bertz CT molecular complexity index is 152.